The van der Waals surface area contributed by atoms with Crippen molar-refractivity contribution in [3.63, 3.8) is 0 Å². The lowest BCUT2D eigenvalue weighted by atomic mass is 9.95. The third-order valence-corrected chi connectivity index (χ3v) is 4.14. The molecule has 1 saturated heterocycles. The summed E-state index contributed by atoms with van der Waals surface area (Å²) in [6.45, 7) is 6.55. The van der Waals surface area contributed by atoms with Crippen molar-refractivity contribution in [3.8, 4) is 0 Å². The fourth-order valence-electron chi connectivity index (χ4n) is 2.97. The SMILES string of the molecule is CC1CCC2CN=C(N[C@@H](C)c3ccccn3)N2C1. The van der Waals surface area contributed by atoms with Crippen LogP contribution in [0.2, 0.25) is 0 Å². The number of piperidine rings is 1. The highest BCUT2D eigenvalue weighted by Gasteiger charge is 2.33. The summed E-state index contributed by atoms with van der Waals surface area (Å²) >= 11 is 0. The zero-order chi connectivity index (χ0) is 13.2. The molecule has 2 unspecified atom stereocenters. The fourth-order valence-corrected chi connectivity index (χ4v) is 2.97. The van der Waals surface area contributed by atoms with Crippen LogP contribution in [-0.2, 0) is 0 Å². The molecule has 1 N–H and O–H groups in total. The second-order valence-electron chi connectivity index (χ2n) is 5.77. The Hall–Kier alpha value is -1.58. The van der Waals surface area contributed by atoms with Gasteiger partial charge in [0.1, 0.15) is 0 Å². The zero-order valence-corrected chi connectivity index (χ0v) is 11.7. The van der Waals surface area contributed by atoms with Crippen LogP contribution in [0, 0.1) is 5.92 Å². The van der Waals surface area contributed by atoms with Crippen LogP contribution in [0.1, 0.15) is 38.4 Å². The van der Waals surface area contributed by atoms with Crippen LogP contribution >= 0.6 is 0 Å². The average molecular weight is 258 g/mol. The van der Waals surface area contributed by atoms with Crippen molar-refractivity contribution in [2.45, 2.75) is 38.8 Å². The molecule has 19 heavy (non-hydrogen) atoms. The number of rotatable bonds is 2. The van der Waals surface area contributed by atoms with Crippen molar-refractivity contribution in [2.24, 2.45) is 10.9 Å². The van der Waals surface area contributed by atoms with E-state index in [4.69, 9.17) is 0 Å². The highest BCUT2D eigenvalue weighted by molar-refractivity contribution is 5.82. The molecule has 2 aliphatic heterocycles. The number of aromatic nitrogens is 1. The van der Waals surface area contributed by atoms with Gasteiger partial charge in [0, 0.05) is 12.7 Å². The van der Waals surface area contributed by atoms with E-state index in [0.29, 0.717) is 6.04 Å². The second kappa shape index (κ2) is 5.19. The van der Waals surface area contributed by atoms with Crippen LogP contribution in [0.3, 0.4) is 0 Å². The highest BCUT2D eigenvalue weighted by Crippen LogP contribution is 2.26. The summed E-state index contributed by atoms with van der Waals surface area (Å²) in [6.07, 6.45) is 4.45. The van der Waals surface area contributed by atoms with Crippen LogP contribution in [0.4, 0.5) is 0 Å². The van der Waals surface area contributed by atoms with E-state index in [1.54, 1.807) is 0 Å². The zero-order valence-electron chi connectivity index (χ0n) is 11.7. The lowest BCUT2D eigenvalue weighted by molar-refractivity contribution is 0.210. The van der Waals surface area contributed by atoms with E-state index in [2.05, 4.69) is 40.1 Å². The molecule has 3 rings (SSSR count). The molecule has 0 radical (unpaired) electrons. The molecule has 0 saturated carbocycles. The summed E-state index contributed by atoms with van der Waals surface area (Å²) in [5, 5.41) is 3.53. The molecule has 1 fully saturated rings. The van der Waals surface area contributed by atoms with Crippen molar-refractivity contribution in [2.75, 3.05) is 13.1 Å². The molecule has 3 atom stereocenters. The Bertz CT molecular complexity index is 456. The van der Waals surface area contributed by atoms with Gasteiger partial charge in [-0.1, -0.05) is 13.0 Å². The minimum Gasteiger partial charge on any atom is -0.348 e. The predicted molar refractivity (Wildman–Crippen MR) is 77.0 cm³/mol. The predicted octanol–water partition coefficient (Wildman–Crippen LogP) is 2.20. The van der Waals surface area contributed by atoms with Gasteiger partial charge in [0.2, 0.25) is 0 Å². The summed E-state index contributed by atoms with van der Waals surface area (Å²) in [4.78, 5) is 11.5. The summed E-state index contributed by atoms with van der Waals surface area (Å²) in [7, 11) is 0. The summed E-state index contributed by atoms with van der Waals surface area (Å²) in [5.41, 5.74) is 1.07. The van der Waals surface area contributed by atoms with Gasteiger partial charge in [-0.2, -0.15) is 0 Å². The second-order valence-corrected chi connectivity index (χ2v) is 5.77. The molecular weight excluding hydrogens is 236 g/mol. The minimum absolute atomic E-state index is 0.205. The summed E-state index contributed by atoms with van der Waals surface area (Å²) in [5.74, 6) is 1.83. The summed E-state index contributed by atoms with van der Waals surface area (Å²) in [6, 6.07) is 6.86. The molecule has 1 aromatic heterocycles. The number of hydrogen-bond acceptors (Lipinski definition) is 4. The van der Waals surface area contributed by atoms with Crippen LogP contribution < -0.4 is 5.32 Å². The third kappa shape index (κ3) is 2.57. The number of aliphatic imine (C=N–C) groups is 1. The molecule has 0 amide bonds. The van der Waals surface area contributed by atoms with Gasteiger partial charge in [0.05, 0.1) is 24.3 Å². The van der Waals surface area contributed by atoms with E-state index in [1.807, 2.05) is 18.3 Å². The van der Waals surface area contributed by atoms with Crippen LogP contribution in [-0.4, -0.2) is 35.0 Å². The number of pyridine rings is 1. The number of fused-ring (bicyclic) bond motifs is 1. The molecule has 0 bridgehead atoms. The van der Waals surface area contributed by atoms with Gasteiger partial charge in [-0.3, -0.25) is 9.98 Å². The topological polar surface area (TPSA) is 40.5 Å². The van der Waals surface area contributed by atoms with Gasteiger partial charge in [0.15, 0.2) is 5.96 Å². The molecule has 0 spiro atoms. The minimum atomic E-state index is 0.205. The van der Waals surface area contributed by atoms with Gasteiger partial charge in [0.25, 0.3) is 0 Å². The lowest BCUT2D eigenvalue weighted by Crippen LogP contribution is -2.48. The standard InChI is InChI=1S/C15H22N4/c1-11-6-7-13-9-17-15(19(13)10-11)18-12(2)14-5-3-4-8-16-14/h3-5,8,11-13H,6-7,9-10H2,1-2H3,(H,17,18)/t11?,12-,13?/m0/s1. The first kappa shape index (κ1) is 12.5. The van der Waals surface area contributed by atoms with Crippen LogP contribution in [0.5, 0.6) is 0 Å². The molecule has 102 valence electrons. The summed E-state index contributed by atoms with van der Waals surface area (Å²) < 4.78 is 0. The van der Waals surface area contributed by atoms with Gasteiger partial charge >= 0.3 is 0 Å². The Balaban J connectivity index is 1.67. The number of nitrogens with zero attached hydrogens (tertiary/aromatic N) is 3. The monoisotopic (exact) mass is 258 g/mol. The van der Waals surface area contributed by atoms with Gasteiger partial charge in [-0.25, -0.2) is 0 Å². The fraction of sp³-hybridized carbons (Fsp3) is 0.600. The van der Waals surface area contributed by atoms with E-state index in [0.717, 1.165) is 30.7 Å². The van der Waals surface area contributed by atoms with Crippen LogP contribution in [0.15, 0.2) is 29.4 Å². The molecule has 0 aliphatic carbocycles. The highest BCUT2D eigenvalue weighted by atomic mass is 15.4. The van der Waals surface area contributed by atoms with Crippen molar-refractivity contribution < 1.29 is 0 Å². The first-order valence-corrected chi connectivity index (χ1v) is 7.22. The van der Waals surface area contributed by atoms with E-state index in [-0.39, 0.29) is 6.04 Å². The Kier molecular flexibility index (Phi) is 3.40. The normalized spacial score (nSPS) is 27.7. The smallest absolute Gasteiger partial charge is 0.194 e. The van der Waals surface area contributed by atoms with E-state index in [9.17, 15) is 0 Å². The molecule has 4 nitrogen and oxygen atoms in total. The first-order chi connectivity index (χ1) is 9.24. The number of nitrogens with one attached hydrogen (secondary N) is 1. The van der Waals surface area contributed by atoms with Gasteiger partial charge in [-0.15, -0.1) is 0 Å². The van der Waals surface area contributed by atoms with Gasteiger partial charge < -0.3 is 10.2 Å². The maximum atomic E-state index is 4.68. The van der Waals surface area contributed by atoms with E-state index < -0.39 is 0 Å². The quantitative estimate of drug-likeness (QED) is 0.884. The Labute approximate surface area is 114 Å². The molecular formula is C15H22N4. The Morgan fingerprint density at radius 1 is 1.37 bits per heavy atom. The van der Waals surface area contributed by atoms with E-state index in [1.165, 1.54) is 12.8 Å². The largest absolute Gasteiger partial charge is 0.348 e. The first-order valence-electron chi connectivity index (χ1n) is 7.22. The lowest BCUT2D eigenvalue weighted by Gasteiger charge is -2.36. The molecule has 1 aromatic rings. The van der Waals surface area contributed by atoms with E-state index >= 15 is 0 Å². The Morgan fingerprint density at radius 3 is 3.05 bits per heavy atom. The van der Waals surface area contributed by atoms with Crippen molar-refractivity contribution in [1.29, 1.82) is 0 Å². The Morgan fingerprint density at radius 2 is 2.26 bits per heavy atom. The van der Waals surface area contributed by atoms with Gasteiger partial charge in [-0.05, 0) is 37.8 Å². The van der Waals surface area contributed by atoms with Crippen molar-refractivity contribution in [1.82, 2.24) is 15.2 Å². The van der Waals surface area contributed by atoms with Crippen LogP contribution in [0.25, 0.3) is 0 Å². The molecule has 3 heterocycles. The molecule has 0 aromatic carbocycles. The molecule has 2 aliphatic rings. The number of hydrogen-bond donors (Lipinski definition) is 1. The third-order valence-electron chi connectivity index (χ3n) is 4.14. The maximum absolute atomic E-state index is 4.68. The van der Waals surface area contributed by atoms with Crippen molar-refractivity contribution >= 4 is 5.96 Å². The number of guanidine groups is 1. The van der Waals surface area contributed by atoms with Crippen molar-refractivity contribution in [3.05, 3.63) is 30.1 Å². The average Bonchev–Trinajstić information content (AvgIpc) is 2.82. The molecule has 4 heteroatoms. The maximum Gasteiger partial charge on any atom is 0.194 e.